The van der Waals surface area contributed by atoms with Crippen molar-refractivity contribution in [1.82, 2.24) is 19.1 Å². The minimum absolute atomic E-state index is 0.711. The van der Waals surface area contributed by atoms with E-state index >= 15 is 0 Å². The Hall–Kier alpha value is -9.90. The van der Waals surface area contributed by atoms with E-state index in [1.54, 1.807) is 0 Å². The molecule has 0 aliphatic heterocycles. The fraction of sp³-hybridized carbons (Fsp3) is 0. The maximum atomic E-state index is 5.42. The Labute approximate surface area is 427 Å². The Morgan fingerprint density at radius 2 is 0.662 bits per heavy atom. The van der Waals surface area contributed by atoms with Crippen molar-refractivity contribution >= 4 is 76.1 Å². The Kier molecular flexibility index (Phi) is 9.54. The lowest BCUT2D eigenvalue weighted by Gasteiger charge is -2.14. The number of fused-ring (bicyclic) bond motifs is 10. The predicted molar refractivity (Wildman–Crippen MR) is 310 cm³/mol. The van der Waals surface area contributed by atoms with Crippen LogP contribution in [0.1, 0.15) is 0 Å². The van der Waals surface area contributed by atoms with Crippen LogP contribution < -0.4 is 0 Å². The number of rotatable bonds is 7. The van der Waals surface area contributed by atoms with Crippen LogP contribution in [0.4, 0.5) is 0 Å². The number of para-hydroxylation sites is 1. The Bertz CT molecular complexity index is 4690. The third kappa shape index (κ3) is 6.84. The molecular weight excluding hydrogens is 897 g/mol. The monoisotopic (exact) mass is 940 g/mol. The van der Waals surface area contributed by atoms with Gasteiger partial charge in [-0.25, -0.2) is 9.97 Å². The van der Waals surface area contributed by atoms with E-state index in [1.165, 1.54) is 71.3 Å². The molecule has 0 N–H and O–H groups in total. The van der Waals surface area contributed by atoms with Crippen LogP contribution in [-0.2, 0) is 0 Å². The van der Waals surface area contributed by atoms with Gasteiger partial charge in [-0.15, -0.1) is 0 Å². The number of hydrogen-bond donors (Lipinski definition) is 0. The van der Waals surface area contributed by atoms with Gasteiger partial charge in [0.05, 0.1) is 33.3 Å². The first kappa shape index (κ1) is 41.8. The van der Waals surface area contributed by atoms with Gasteiger partial charge in [0.15, 0.2) is 5.82 Å². The van der Waals surface area contributed by atoms with Gasteiger partial charge in [0.1, 0.15) is 0 Å². The van der Waals surface area contributed by atoms with Gasteiger partial charge < -0.3 is 9.13 Å². The topological polar surface area (TPSA) is 35.6 Å². The van der Waals surface area contributed by atoms with E-state index in [-0.39, 0.29) is 0 Å². The summed E-state index contributed by atoms with van der Waals surface area (Å²) in [6.45, 7) is 0. The summed E-state index contributed by atoms with van der Waals surface area (Å²) >= 11 is 0. The van der Waals surface area contributed by atoms with Crippen LogP contribution in [-0.4, -0.2) is 19.1 Å². The summed E-state index contributed by atoms with van der Waals surface area (Å²) in [5.41, 5.74) is 17.9. The van der Waals surface area contributed by atoms with Gasteiger partial charge in [-0.3, -0.25) is 0 Å². The number of hydrogen-bond acceptors (Lipinski definition) is 2. The maximum Gasteiger partial charge on any atom is 0.160 e. The molecule has 344 valence electrons. The van der Waals surface area contributed by atoms with Gasteiger partial charge in [0.2, 0.25) is 0 Å². The quantitative estimate of drug-likeness (QED) is 0.149. The highest BCUT2D eigenvalue weighted by molar-refractivity contribution is 6.15. The van der Waals surface area contributed by atoms with Crippen molar-refractivity contribution in [3.63, 3.8) is 0 Å². The minimum Gasteiger partial charge on any atom is -0.309 e. The van der Waals surface area contributed by atoms with Crippen molar-refractivity contribution in [3.05, 3.63) is 267 Å². The number of benzene rings is 12. The molecule has 0 unspecified atom stereocenters. The molecule has 74 heavy (non-hydrogen) atoms. The highest BCUT2D eigenvalue weighted by atomic mass is 15.0. The molecule has 0 bridgehead atoms. The molecule has 0 fully saturated rings. The van der Waals surface area contributed by atoms with E-state index in [1.807, 2.05) is 0 Å². The van der Waals surface area contributed by atoms with Gasteiger partial charge in [-0.05, 0) is 140 Å². The molecule has 3 aromatic heterocycles. The van der Waals surface area contributed by atoms with Gasteiger partial charge in [0.25, 0.3) is 0 Å². The van der Waals surface area contributed by atoms with Crippen molar-refractivity contribution in [3.8, 4) is 67.4 Å². The molecule has 15 aromatic rings. The molecule has 0 atom stereocenters. The number of aromatic nitrogens is 4. The summed E-state index contributed by atoms with van der Waals surface area (Å²) in [6.07, 6.45) is 0. The highest BCUT2D eigenvalue weighted by Gasteiger charge is 2.20. The first-order valence-electron chi connectivity index (χ1n) is 25.3. The van der Waals surface area contributed by atoms with Crippen molar-refractivity contribution in [2.24, 2.45) is 0 Å². The molecule has 12 aromatic carbocycles. The van der Waals surface area contributed by atoms with Crippen LogP contribution in [0.15, 0.2) is 267 Å². The van der Waals surface area contributed by atoms with Crippen molar-refractivity contribution in [1.29, 1.82) is 0 Å². The smallest absolute Gasteiger partial charge is 0.160 e. The van der Waals surface area contributed by atoms with Gasteiger partial charge >= 0.3 is 0 Å². The maximum absolute atomic E-state index is 5.42. The van der Waals surface area contributed by atoms with E-state index in [9.17, 15) is 0 Å². The summed E-state index contributed by atoms with van der Waals surface area (Å²) < 4.78 is 4.82. The third-order valence-electron chi connectivity index (χ3n) is 15.1. The first-order chi connectivity index (χ1) is 36.7. The summed E-state index contributed by atoms with van der Waals surface area (Å²) in [7, 11) is 0. The molecule has 3 heterocycles. The summed E-state index contributed by atoms with van der Waals surface area (Å²) in [5, 5.41) is 10.6. The lowest BCUT2D eigenvalue weighted by Crippen LogP contribution is -1.97. The van der Waals surface area contributed by atoms with Gasteiger partial charge in [-0.2, -0.15) is 0 Å². The Morgan fingerprint density at radius 3 is 1.22 bits per heavy atom. The van der Waals surface area contributed by atoms with E-state index in [0.717, 1.165) is 66.3 Å². The normalized spacial score (nSPS) is 11.8. The average molecular weight is 941 g/mol. The van der Waals surface area contributed by atoms with Crippen LogP contribution in [0.2, 0.25) is 0 Å². The average Bonchev–Trinajstić information content (AvgIpc) is 3.99. The zero-order chi connectivity index (χ0) is 48.7. The van der Waals surface area contributed by atoms with Crippen LogP contribution in [0.25, 0.3) is 143 Å². The second kappa shape index (κ2) is 16.9. The molecular formula is C70H44N4. The molecule has 4 heteroatoms. The van der Waals surface area contributed by atoms with Crippen molar-refractivity contribution in [2.75, 3.05) is 0 Å². The number of nitrogens with zero attached hydrogens (tertiary/aromatic N) is 4. The molecule has 0 aliphatic rings. The molecule has 4 nitrogen and oxygen atoms in total. The molecule has 0 radical (unpaired) electrons. The second-order valence-corrected chi connectivity index (χ2v) is 19.4. The summed E-state index contributed by atoms with van der Waals surface area (Å²) in [5.74, 6) is 0.711. The minimum atomic E-state index is 0.711. The van der Waals surface area contributed by atoms with Crippen LogP contribution in [0.3, 0.4) is 0 Å². The molecule has 0 saturated heterocycles. The Morgan fingerprint density at radius 1 is 0.243 bits per heavy atom. The largest absolute Gasteiger partial charge is 0.309 e. The predicted octanol–water partition coefficient (Wildman–Crippen LogP) is 18.5. The van der Waals surface area contributed by atoms with Crippen LogP contribution in [0, 0.1) is 0 Å². The highest BCUT2D eigenvalue weighted by Crippen LogP contribution is 2.42. The summed E-state index contributed by atoms with van der Waals surface area (Å²) in [4.78, 5) is 10.6. The van der Waals surface area contributed by atoms with Gasteiger partial charge in [-0.1, -0.05) is 182 Å². The van der Waals surface area contributed by atoms with Gasteiger partial charge in [0, 0.05) is 49.4 Å². The van der Waals surface area contributed by atoms with E-state index < -0.39 is 0 Å². The first-order valence-corrected chi connectivity index (χ1v) is 25.3. The molecule has 15 rings (SSSR count). The molecule has 0 spiro atoms. The SMILES string of the molecule is c1ccc(-c2ccc3c(c2)c2cc(-c4ccc5c(c4)c4cc(-c6ccccc6)ccc4n5-c4ccc(-c5nc(-c6ccc7ccccc7c6)nc6ccc7ccccc7c56)cc4)ccc2n3-c2ccccc2)cc1. The third-order valence-corrected chi connectivity index (χ3v) is 15.1. The van der Waals surface area contributed by atoms with Crippen molar-refractivity contribution < 1.29 is 0 Å². The second-order valence-electron chi connectivity index (χ2n) is 19.4. The zero-order valence-electron chi connectivity index (χ0n) is 40.2. The lowest BCUT2D eigenvalue weighted by molar-refractivity contribution is 1.18. The molecule has 0 aliphatic carbocycles. The molecule has 0 saturated carbocycles. The molecule has 0 amide bonds. The van der Waals surface area contributed by atoms with Crippen molar-refractivity contribution in [2.45, 2.75) is 0 Å². The zero-order valence-corrected chi connectivity index (χ0v) is 40.2. The lowest BCUT2D eigenvalue weighted by atomic mass is 9.98. The summed E-state index contributed by atoms with van der Waals surface area (Å²) in [6, 6.07) is 96.7. The van der Waals surface area contributed by atoms with Crippen LogP contribution in [0.5, 0.6) is 0 Å². The van der Waals surface area contributed by atoms with Crippen LogP contribution >= 0.6 is 0 Å². The van der Waals surface area contributed by atoms with E-state index in [0.29, 0.717) is 5.82 Å². The fourth-order valence-corrected chi connectivity index (χ4v) is 11.5. The Balaban J connectivity index is 0.895. The standard InChI is InChI=1S/C70H44N4/c1-4-14-45(15-5-1)51-29-36-64-59(41-51)61-43-53(31-38-65(61)73(64)56-21-8-3-9-22-56)54-32-39-67-62(44-54)60-42-52(46-16-6-2-7-17-46)30-37-66(60)74(67)57-33-26-49(27-34-57)69-68-58-23-13-12-19-48(58)28-35-63(68)71-70(72-69)55-25-24-47-18-10-11-20-50(47)40-55/h1-44H. The van der Waals surface area contributed by atoms with E-state index in [4.69, 9.17) is 9.97 Å². The fourth-order valence-electron chi connectivity index (χ4n) is 11.5. The van der Waals surface area contributed by atoms with E-state index in [2.05, 4.69) is 276 Å².